The van der Waals surface area contributed by atoms with Crippen LogP contribution >= 0.6 is 15.9 Å². The van der Waals surface area contributed by atoms with E-state index < -0.39 is 30.3 Å². The number of halogens is 7. The molecule has 0 N–H and O–H groups in total. The van der Waals surface area contributed by atoms with Crippen LogP contribution in [0.25, 0.3) is 0 Å². The molecule has 0 aliphatic carbocycles. The second-order valence-corrected chi connectivity index (χ2v) is 7.25. The van der Waals surface area contributed by atoms with Crippen molar-refractivity contribution in [2.45, 2.75) is 62.3 Å². The summed E-state index contributed by atoms with van der Waals surface area (Å²) in [5, 5.41) is 0. The summed E-state index contributed by atoms with van der Waals surface area (Å²) in [4.78, 5) is -0.149. The minimum atomic E-state index is -5.72. The molecule has 0 saturated heterocycles. The third kappa shape index (κ3) is 5.17. The Morgan fingerprint density at radius 2 is 1.59 bits per heavy atom. The molecule has 0 aromatic heterocycles. The summed E-state index contributed by atoms with van der Waals surface area (Å²) in [5.74, 6) is 0. The molecule has 0 saturated carbocycles. The van der Waals surface area contributed by atoms with E-state index in [0.717, 1.165) is 25.7 Å². The molecular weight excluding hydrogens is 442 g/mol. The summed E-state index contributed by atoms with van der Waals surface area (Å²) in [7, 11) is 0.962. The summed E-state index contributed by atoms with van der Waals surface area (Å²) in [6.45, 7) is 2.60. The predicted molar refractivity (Wildman–Crippen MR) is 93.8 cm³/mol. The van der Waals surface area contributed by atoms with Gasteiger partial charge in [-0.3, -0.25) is 0 Å². The van der Waals surface area contributed by atoms with Crippen molar-refractivity contribution in [3.05, 3.63) is 34.9 Å². The van der Waals surface area contributed by atoms with Crippen LogP contribution in [0.1, 0.15) is 54.6 Å². The van der Waals surface area contributed by atoms with Crippen molar-refractivity contribution < 1.29 is 35.8 Å². The molecule has 0 radical (unpaired) electrons. The predicted octanol–water partition coefficient (Wildman–Crippen LogP) is 6.82. The van der Waals surface area contributed by atoms with Gasteiger partial charge in [0.2, 0.25) is 0 Å². The van der Waals surface area contributed by atoms with Gasteiger partial charge in [0.15, 0.2) is 0 Å². The fourth-order valence-electron chi connectivity index (χ4n) is 2.91. The molecule has 1 atom stereocenters. The highest BCUT2D eigenvalue weighted by molar-refractivity contribution is 9.09. The van der Waals surface area contributed by atoms with Crippen LogP contribution in [0.15, 0.2) is 18.2 Å². The van der Waals surface area contributed by atoms with Crippen LogP contribution in [-0.4, -0.2) is 26.3 Å². The van der Waals surface area contributed by atoms with Crippen LogP contribution in [-0.2, 0) is 21.5 Å². The normalized spacial score (nSPS) is 14.4. The molecule has 2 nitrogen and oxygen atoms in total. The third-order valence-electron chi connectivity index (χ3n) is 4.14. The molecule has 0 bridgehead atoms. The van der Waals surface area contributed by atoms with Crippen molar-refractivity contribution in [1.82, 2.24) is 0 Å². The Labute approximate surface area is 163 Å². The Kier molecular flexibility index (Phi) is 8.62. The van der Waals surface area contributed by atoms with Gasteiger partial charge < -0.3 is 9.47 Å². The first-order chi connectivity index (χ1) is 12.5. The van der Waals surface area contributed by atoms with Crippen LogP contribution < -0.4 is 0 Å². The molecule has 0 aliphatic heterocycles. The van der Waals surface area contributed by atoms with Crippen molar-refractivity contribution >= 4 is 15.9 Å². The minimum Gasteiger partial charge on any atom is -0.359 e. The first kappa shape index (κ1) is 24.2. The number of alkyl halides is 7. The van der Waals surface area contributed by atoms with E-state index >= 15 is 0 Å². The molecule has 1 rings (SSSR count). The van der Waals surface area contributed by atoms with Crippen molar-refractivity contribution in [2.24, 2.45) is 0 Å². The number of rotatable bonds is 9. The van der Waals surface area contributed by atoms with Crippen LogP contribution in [0.2, 0.25) is 0 Å². The number of hydrogen-bond donors (Lipinski definition) is 0. The molecule has 0 heterocycles. The standard InChI is InChI=1S/C18H23BrF6O2/c1-4-6-12-10-13(8-9-14(12)15(19)7-5-2)16(17(20,21)22,18(23,24)25)27-11-26-3/h8-10,15H,4-7,11H2,1-3H3. The second kappa shape index (κ2) is 9.60. The van der Waals surface area contributed by atoms with Gasteiger partial charge in [-0.2, -0.15) is 26.3 Å². The van der Waals surface area contributed by atoms with E-state index in [1.165, 1.54) is 6.07 Å². The van der Waals surface area contributed by atoms with Gasteiger partial charge in [-0.25, -0.2) is 0 Å². The quantitative estimate of drug-likeness (QED) is 0.227. The molecule has 0 fully saturated rings. The maximum Gasteiger partial charge on any atom is 0.430 e. The number of ether oxygens (including phenoxy) is 2. The largest absolute Gasteiger partial charge is 0.430 e. The Morgan fingerprint density at radius 1 is 1.00 bits per heavy atom. The fraction of sp³-hybridized carbons (Fsp3) is 0.667. The molecule has 0 aliphatic rings. The number of aryl methyl sites for hydroxylation is 1. The van der Waals surface area contributed by atoms with Gasteiger partial charge in [0.25, 0.3) is 5.60 Å². The molecule has 27 heavy (non-hydrogen) atoms. The monoisotopic (exact) mass is 464 g/mol. The first-order valence-electron chi connectivity index (χ1n) is 8.49. The topological polar surface area (TPSA) is 18.5 Å². The smallest absolute Gasteiger partial charge is 0.359 e. The van der Waals surface area contributed by atoms with E-state index in [4.69, 9.17) is 0 Å². The van der Waals surface area contributed by atoms with E-state index in [1.807, 2.05) is 13.8 Å². The average molecular weight is 465 g/mol. The number of methoxy groups -OCH3 is 1. The third-order valence-corrected chi connectivity index (χ3v) is 5.09. The van der Waals surface area contributed by atoms with Crippen LogP contribution in [0.5, 0.6) is 0 Å². The summed E-state index contributed by atoms with van der Waals surface area (Å²) >= 11 is 3.47. The Balaban J connectivity index is 3.64. The highest BCUT2D eigenvalue weighted by atomic mass is 79.9. The molecule has 0 spiro atoms. The van der Waals surface area contributed by atoms with Crippen molar-refractivity contribution in [3.63, 3.8) is 0 Å². The molecule has 9 heteroatoms. The molecule has 1 aromatic carbocycles. The average Bonchev–Trinajstić information content (AvgIpc) is 2.53. The van der Waals surface area contributed by atoms with Crippen LogP contribution in [0.4, 0.5) is 26.3 Å². The lowest BCUT2D eigenvalue weighted by molar-refractivity contribution is -0.400. The highest BCUT2D eigenvalue weighted by Gasteiger charge is 2.73. The van der Waals surface area contributed by atoms with Crippen molar-refractivity contribution in [2.75, 3.05) is 13.9 Å². The lowest BCUT2D eigenvalue weighted by atomic mass is 9.87. The lowest BCUT2D eigenvalue weighted by Crippen LogP contribution is -2.56. The minimum absolute atomic E-state index is 0.149. The molecule has 0 amide bonds. The summed E-state index contributed by atoms with van der Waals surface area (Å²) in [6.07, 6.45) is -8.98. The molecule has 1 unspecified atom stereocenters. The van der Waals surface area contributed by atoms with Crippen molar-refractivity contribution in [1.29, 1.82) is 0 Å². The number of hydrogen-bond acceptors (Lipinski definition) is 2. The zero-order valence-electron chi connectivity index (χ0n) is 15.3. The van der Waals surface area contributed by atoms with Crippen LogP contribution in [0.3, 0.4) is 0 Å². The van der Waals surface area contributed by atoms with E-state index in [0.29, 0.717) is 30.4 Å². The Morgan fingerprint density at radius 3 is 2.04 bits per heavy atom. The zero-order valence-corrected chi connectivity index (χ0v) is 16.9. The molecule has 1 aromatic rings. The van der Waals surface area contributed by atoms with Gasteiger partial charge in [0, 0.05) is 17.5 Å². The van der Waals surface area contributed by atoms with Gasteiger partial charge in [0.05, 0.1) is 0 Å². The highest BCUT2D eigenvalue weighted by Crippen LogP contribution is 2.53. The SMILES string of the molecule is CCCc1cc(C(OCOC)(C(F)(F)F)C(F)(F)F)ccc1C(Br)CCC. The van der Waals surface area contributed by atoms with E-state index in [9.17, 15) is 26.3 Å². The lowest BCUT2D eigenvalue weighted by Gasteiger charge is -2.37. The van der Waals surface area contributed by atoms with E-state index in [1.54, 1.807) is 0 Å². The molecular formula is C18H23BrF6O2. The van der Waals surface area contributed by atoms with Gasteiger partial charge >= 0.3 is 12.4 Å². The van der Waals surface area contributed by atoms with Crippen molar-refractivity contribution in [3.8, 4) is 0 Å². The zero-order chi connectivity index (χ0) is 20.9. The Hall–Kier alpha value is -0.800. The summed E-state index contributed by atoms with van der Waals surface area (Å²) in [6, 6.07) is 3.12. The first-order valence-corrected chi connectivity index (χ1v) is 9.41. The summed E-state index contributed by atoms with van der Waals surface area (Å²) in [5.41, 5.74) is -4.33. The van der Waals surface area contributed by atoms with Gasteiger partial charge in [-0.1, -0.05) is 60.8 Å². The maximum absolute atomic E-state index is 13.7. The van der Waals surface area contributed by atoms with Crippen LogP contribution in [0, 0.1) is 0 Å². The van der Waals surface area contributed by atoms with E-state index in [-0.39, 0.29) is 4.83 Å². The van der Waals surface area contributed by atoms with Gasteiger partial charge in [-0.05, 0) is 24.0 Å². The maximum atomic E-state index is 13.7. The second-order valence-electron chi connectivity index (χ2n) is 6.15. The number of benzene rings is 1. The summed E-state index contributed by atoms with van der Waals surface area (Å²) < 4.78 is 90.6. The fourth-order valence-corrected chi connectivity index (χ4v) is 3.81. The van der Waals surface area contributed by atoms with Gasteiger partial charge in [-0.15, -0.1) is 0 Å². The Bertz CT molecular complexity index is 586. The van der Waals surface area contributed by atoms with Gasteiger partial charge in [0.1, 0.15) is 6.79 Å². The van der Waals surface area contributed by atoms with E-state index in [2.05, 4.69) is 25.4 Å². The molecule has 156 valence electrons.